The average molecular weight is 274 g/mol. The fourth-order valence-corrected chi connectivity index (χ4v) is 3.42. The lowest BCUT2D eigenvalue weighted by atomic mass is 9.82. The van der Waals surface area contributed by atoms with Crippen LogP contribution in [0.15, 0.2) is 24.3 Å². The van der Waals surface area contributed by atoms with Gasteiger partial charge in [-0.1, -0.05) is 50.6 Å². The summed E-state index contributed by atoms with van der Waals surface area (Å²) in [5.41, 5.74) is 9.57. The van der Waals surface area contributed by atoms with Crippen LogP contribution in [0.1, 0.15) is 57.2 Å². The van der Waals surface area contributed by atoms with E-state index >= 15 is 0 Å². The second-order valence-corrected chi connectivity index (χ2v) is 7.17. The number of nitrogens with zero attached hydrogens (tertiary/aromatic N) is 1. The highest BCUT2D eigenvalue weighted by molar-refractivity contribution is 5.25. The summed E-state index contributed by atoms with van der Waals surface area (Å²) in [6, 6.07) is 9.51. The summed E-state index contributed by atoms with van der Waals surface area (Å²) in [6.45, 7) is 11.4. The highest BCUT2D eigenvalue weighted by Gasteiger charge is 2.33. The van der Waals surface area contributed by atoms with Crippen LogP contribution in [0.3, 0.4) is 0 Å². The van der Waals surface area contributed by atoms with E-state index < -0.39 is 0 Å². The van der Waals surface area contributed by atoms with Crippen LogP contribution in [0, 0.1) is 12.3 Å². The van der Waals surface area contributed by atoms with Crippen molar-refractivity contribution in [1.29, 1.82) is 0 Å². The molecule has 0 aromatic heterocycles. The van der Waals surface area contributed by atoms with Gasteiger partial charge in [-0.05, 0) is 43.7 Å². The second-order valence-electron chi connectivity index (χ2n) is 7.17. The van der Waals surface area contributed by atoms with E-state index in [0.717, 1.165) is 13.0 Å². The molecule has 1 saturated heterocycles. The Balaban J connectivity index is 2.25. The Morgan fingerprint density at radius 1 is 1.25 bits per heavy atom. The van der Waals surface area contributed by atoms with Gasteiger partial charge in [-0.3, -0.25) is 4.90 Å². The van der Waals surface area contributed by atoms with Crippen molar-refractivity contribution >= 4 is 0 Å². The van der Waals surface area contributed by atoms with E-state index in [9.17, 15) is 0 Å². The molecule has 1 aromatic carbocycles. The molecule has 2 atom stereocenters. The predicted molar refractivity (Wildman–Crippen MR) is 86.8 cm³/mol. The zero-order valence-electron chi connectivity index (χ0n) is 13.5. The van der Waals surface area contributed by atoms with Gasteiger partial charge in [0.05, 0.1) is 0 Å². The molecule has 1 fully saturated rings. The number of likely N-dealkylation sites (tertiary alicyclic amines) is 1. The fourth-order valence-electron chi connectivity index (χ4n) is 3.42. The summed E-state index contributed by atoms with van der Waals surface area (Å²) < 4.78 is 0. The molecule has 1 aliphatic heterocycles. The normalized spacial score (nSPS) is 22.4. The molecule has 1 aliphatic rings. The number of piperidine rings is 1. The SMILES string of the molecule is CCC(N)C(c1ccc(C)cc1)N1CCCC(C)(C)C1. The van der Waals surface area contributed by atoms with E-state index in [1.54, 1.807) is 0 Å². The molecule has 1 aromatic rings. The minimum atomic E-state index is 0.214. The minimum Gasteiger partial charge on any atom is -0.326 e. The van der Waals surface area contributed by atoms with E-state index in [-0.39, 0.29) is 6.04 Å². The molecule has 0 spiro atoms. The Labute approximate surface area is 124 Å². The first kappa shape index (κ1) is 15.5. The van der Waals surface area contributed by atoms with Crippen LogP contribution in [-0.4, -0.2) is 24.0 Å². The average Bonchev–Trinajstić information content (AvgIpc) is 2.40. The lowest BCUT2D eigenvalue weighted by Crippen LogP contribution is -2.47. The van der Waals surface area contributed by atoms with Gasteiger partial charge >= 0.3 is 0 Å². The molecule has 2 N–H and O–H groups in total. The lowest BCUT2D eigenvalue weighted by molar-refractivity contribution is 0.0657. The molecule has 2 rings (SSSR count). The van der Waals surface area contributed by atoms with Gasteiger partial charge in [-0.25, -0.2) is 0 Å². The predicted octanol–water partition coefficient (Wildman–Crippen LogP) is 3.90. The molecular weight excluding hydrogens is 244 g/mol. The number of rotatable bonds is 4. The molecule has 2 nitrogen and oxygen atoms in total. The Bertz CT molecular complexity index is 422. The Hall–Kier alpha value is -0.860. The van der Waals surface area contributed by atoms with Crippen molar-refractivity contribution in [1.82, 2.24) is 4.90 Å². The first-order chi connectivity index (χ1) is 9.43. The Kier molecular flexibility index (Phi) is 4.87. The molecule has 0 saturated carbocycles. The summed E-state index contributed by atoms with van der Waals surface area (Å²) in [4.78, 5) is 2.61. The van der Waals surface area contributed by atoms with Crippen LogP contribution < -0.4 is 5.73 Å². The molecule has 1 heterocycles. The van der Waals surface area contributed by atoms with Gasteiger partial charge in [0.2, 0.25) is 0 Å². The summed E-state index contributed by atoms with van der Waals surface area (Å²) in [5, 5.41) is 0. The van der Waals surface area contributed by atoms with Crippen molar-refractivity contribution in [3.63, 3.8) is 0 Å². The highest BCUT2D eigenvalue weighted by atomic mass is 15.2. The van der Waals surface area contributed by atoms with Crippen molar-refractivity contribution < 1.29 is 0 Å². The Morgan fingerprint density at radius 3 is 2.45 bits per heavy atom. The third kappa shape index (κ3) is 3.62. The van der Waals surface area contributed by atoms with Gasteiger partial charge in [-0.15, -0.1) is 0 Å². The summed E-state index contributed by atoms with van der Waals surface area (Å²) >= 11 is 0. The number of hydrogen-bond donors (Lipinski definition) is 1. The molecule has 2 heteroatoms. The van der Waals surface area contributed by atoms with Crippen LogP contribution >= 0.6 is 0 Å². The molecule has 0 radical (unpaired) electrons. The third-order valence-corrected chi connectivity index (χ3v) is 4.62. The van der Waals surface area contributed by atoms with Gasteiger partial charge < -0.3 is 5.73 Å². The topological polar surface area (TPSA) is 29.3 Å². The molecule has 0 bridgehead atoms. The summed E-state index contributed by atoms with van der Waals surface area (Å²) in [7, 11) is 0. The van der Waals surface area contributed by atoms with Gasteiger partial charge in [0.25, 0.3) is 0 Å². The zero-order valence-corrected chi connectivity index (χ0v) is 13.5. The largest absolute Gasteiger partial charge is 0.326 e. The maximum Gasteiger partial charge on any atom is 0.0499 e. The number of benzene rings is 1. The monoisotopic (exact) mass is 274 g/mol. The second kappa shape index (κ2) is 6.28. The molecular formula is C18H30N2. The maximum atomic E-state index is 6.47. The quantitative estimate of drug-likeness (QED) is 0.902. The van der Waals surface area contributed by atoms with Crippen LogP contribution in [0.4, 0.5) is 0 Å². The number of hydrogen-bond acceptors (Lipinski definition) is 2. The number of nitrogens with two attached hydrogens (primary N) is 1. The van der Waals surface area contributed by atoms with Gasteiger partial charge in [-0.2, -0.15) is 0 Å². The van der Waals surface area contributed by atoms with Crippen LogP contribution in [0.2, 0.25) is 0 Å². The minimum absolute atomic E-state index is 0.214. The molecule has 0 amide bonds. The molecule has 2 unspecified atom stereocenters. The maximum absolute atomic E-state index is 6.47. The lowest BCUT2D eigenvalue weighted by Gasteiger charge is -2.44. The summed E-state index contributed by atoms with van der Waals surface area (Å²) in [6.07, 6.45) is 3.63. The zero-order chi connectivity index (χ0) is 14.8. The highest BCUT2D eigenvalue weighted by Crippen LogP contribution is 2.35. The van der Waals surface area contributed by atoms with E-state index in [0.29, 0.717) is 11.5 Å². The van der Waals surface area contributed by atoms with Crippen molar-refractivity contribution in [3.8, 4) is 0 Å². The van der Waals surface area contributed by atoms with Crippen LogP contribution in [0.5, 0.6) is 0 Å². The van der Waals surface area contributed by atoms with E-state index in [1.807, 2.05) is 0 Å². The molecule has 0 aliphatic carbocycles. The van der Waals surface area contributed by atoms with Crippen molar-refractivity contribution in [3.05, 3.63) is 35.4 Å². The van der Waals surface area contributed by atoms with Crippen molar-refractivity contribution in [2.24, 2.45) is 11.1 Å². The fraction of sp³-hybridized carbons (Fsp3) is 0.667. The smallest absolute Gasteiger partial charge is 0.0499 e. The van der Waals surface area contributed by atoms with Crippen molar-refractivity contribution in [2.45, 2.75) is 59.0 Å². The molecule has 112 valence electrons. The Morgan fingerprint density at radius 2 is 1.90 bits per heavy atom. The third-order valence-electron chi connectivity index (χ3n) is 4.62. The van der Waals surface area contributed by atoms with Gasteiger partial charge in [0, 0.05) is 18.6 Å². The van der Waals surface area contributed by atoms with Gasteiger partial charge in [0.1, 0.15) is 0 Å². The van der Waals surface area contributed by atoms with Crippen LogP contribution in [0.25, 0.3) is 0 Å². The van der Waals surface area contributed by atoms with Gasteiger partial charge in [0.15, 0.2) is 0 Å². The first-order valence-electron chi connectivity index (χ1n) is 7.99. The summed E-state index contributed by atoms with van der Waals surface area (Å²) in [5.74, 6) is 0. The van der Waals surface area contributed by atoms with Crippen molar-refractivity contribution in [2.75, 3.05) is 13.1 Å². The molecule has 20 heavy (non-hydrogen) atoms. The number of aryl methyl sites for hydroxylation is 1. The van der Waals surface area contributed by atoms with E-state index in [4.69, 9.17) is 5.73 Å². The standard InChI is InChI=1S/C18H30N2/c1-5-16(19)17(15-9-7-14(2)8-10-15)20-12-6-11-18(3,4)13-20/h7-10,16-17H,5-6,11-13,19H2,1-4H3. The van der Waals surface area contributed by atoms with E-state index in [1.165, 1.54) is 30.5 Å². The van der Waals surface area contributed by atoms with Crippen LogP contribution in [-0.2, 0) is 0 Å². The van der Waals surface area contributed by atoms with E-state index in [2.05, 4.69) is 56.9 Å². The first-order valence-corrected chi connectivity index (χ1v) is 7.99.